The Morgan fingerprint density at radius 3 is 1.87 bits per heavy atom. The monoisotopic (exact) mass is 417 g/mol. The molecule has 1 aromatic heterocycles. The van der Waals surface area contributed by atoms with E-state index in [1.165, 1.54) is 106 Å². The summed E-state index contributed by atoms with van der Waals surface area (Å²) in [5.41, 5.74) is 5.86. The summed E-state index contributed by atoms with van der Waals surface area (Å²) in [5.74, 6) is 0. The molecule has 0 aliphatic heterocycles. The average Bonchev–Trinajstić information content (AvgIpc) is 3.12. The first-order valence-corrected chi connectivity index (χ1v) is 13.0. The maximum atomic E-state index is 2.64. The van der Waals surface area contributed by atoms with E-state index in [1.807, 2.05) is 0 Å². The fourth-order valence-electron chi connectivity index (χ4n) is 4.92. The Kier molecular flexibility index (Phi) is 10.2. The van der Waals surface area contributed by atoms with Gasteiger partial charge in [-0.1, -0.05) is 127 Å². The quantitative estimate of drug-likeness (QED) is 0.217. The van der Waals surface area contributed by atoms with Crippen molar-refractivity contribution in [3.05, 3.63) is 60.2 Å². The normalized spacial score (nSPS) is 11.4. The molecule has 0 N–H and O–H groups in total. The number of unbranched alkanes of at least 4 members (excludes halogenated alkanes) is 10. The molecule has 1 heteroatoms. The highest BCUT2D eigenvalue weighted by Gasteiger charge is 2.17. The second kappa shape index (κ2) is 13.4. The number of nitrogens with zero attached hydrogens (tertiary/aromatic N) is 1. The smallest absolute Gasteiger partial charge is 0.0523 e. The first-order chi connectivity index (χ1) is 15.4. The van der Waals surface area contributed by atoms with Crippen molar-refractivity contribution < 1.29 is 0 Å². The Morgan fingerprint density at radius 2 is 1.16 bits per heavy atom. The maximum absolute atomic E-state index is 2.64. The minimum Gasteiger partial charge on any atom is -0.340 e. The summed E-state index contributed by atoms with van der Waals surface area (Å²) in [6.07, 6.45) is 17.4. The molecule has 0 amide bonds. The number of aryl methyl sites for hydroxylation is 2. The van der Waals surface area contributed by atoms with Gasteiger partial charge in [-0.25, -0.2) is 0 Å². The fraction of sp³-hybridized carbons (Fsp3) is 0.533. The van der Waals surface area contributed by atoms with E-state index in [2.05, 4.69) is 73.0 Å². The molecule has 0 unspecified atom stereocenters. The van der Waals surface area contributed by atoms with Crippen molar-refractivity contribution in [2.45, 2.75) is 104 Å². The van der Waals surface area contributed by atoms with E-state index in [9.17, 15) is 0 Å². The van der Waals surface area contributed by atoms with Crippen LogP contribution >= 0.6 is 0 Å². The largest absolute Gasteiger partial charge is 0.340 e. The molecule has 0 aliphatic rings. The van der Waals surface area contributed by atoms with Crippen LogP contribution in [-0.4, -0.2) is 4.57 Å². The van der Waals surface area contributed by atoms with Crippen LogP contribution in [0.5, 0.6) is 0 Å². The summed E-state index contributed by atoms with van der Waals surface area (Å²) in [6.45, 7) is 5.72. The average molecular weight is 418 g/mol. The van der Waals surface area contributed by atoms with Crippen molar-refractivity contribution >= 4 is 10.9 Å². The van der Waals surface area contributed by atoms with E-state index in [0.717, 1.165) is 6.54 Å². The van der Waals surface area contributed by atoms with Gasteiger partial charge in [0.05, 0.1) is 5.69 Å². The van der Waals surface area contributed by atoms with E-state index < -0.39 is 0 Å². The first kappa shape index (κ1) is 23.6. The summed E-state index contributed by atoms with van der Waals surface area (Å²) >= 11 is 0. The lowest BCUT2D eigenvalue weighted by Crippen LogP contribution is -2.02. The van der Waals surface area contributed by atoms with Crippen molar-refractivity contribution in [1.29, 1.82) is 0 Å². The summed E-state index contributed by atoms with van der Waals surface area (Å²) < 4.78 is 2.64. The molecule has 3 rings (SSSR count). The second-order valence-corrected chi connectivity index (χ2v) is 9.15. The minimum absolute atomic E-state index is 1.13. The third-order valence-electron chi connectivity index (χ3n) is 6.64. The number of aromatic nitrogens is 1. The molecule has 1 nitrogen and oxygen atoms in total. The Hall–Kier alpha value is -2.02. The predicted octanol–water partition coefficient (Wildman–Crippen LogP) is 9.57. The van der Waals surface area contributed by atoms with Gasteiger partial charge in [0.2, 0.25) is 0 Å². The summed E-state index contributed by atoms with van der Waals surface area (Å²) in [5, 5.41) is 1.47. The lowest BCUT2D eigenvalue weighted by molar-refractivity contribution is 0.566. The molecule has 3 aromatic rings. The number of hydrogen-bond acceptors (Lipinski definition) is 0. The molecule has 0 bridgehead atoms. The van der Waals surface area contributed by atoms with Gasteiger partial charge < -0.3 is 4.57 Å². The molecular formula is C30H43N. The summed E-state index contributed by atoms with van der Waals surface area (Å²) in [6, 6.07) is 20.2. The molecule has 0 saturated heterocycles. The van der Waals surface area contributed by atoms with Crippen LogP contribution in [0.1, 0.15) is 96.5 Å². The molecule has 0 saturated carbocycles. The second-order valence-electron chi connectivity index (χ2n) is 9.15. The van der Waals surface area contributed by atoms with Crippen LogP contribution in [0.15, 0.2) is 54.6 Å². The molecule has 0 radical (unpaired) electrons. The van der Waals surface area contributed by atoms with Gasteiger partial charge in [0.15, 0.2) is 0 Å². The van der Waals surface area contributed by atoms with Gasteiger partial charge in [0.25, 0.3) is 0 Å². The Morgan fingerprint density at radius 1 is 0.581 bits per heavy atom. The lowest BCUT2D eigenvalue weighted by Gasteiger charge is -2.13. The zero-order valence-corrected chi connectivity index (χ0v) is 20.0. The van der Waals surface area contributed by atoms with E-state index in [1.54, 1.807) is 5.56 Å². The first-order valence-electron chi connectivity index (χ1n) is 13.0. The van der Waals surface area contributed by atoms with Crippen LogP contribution in [0.4, 0.5) is 0 Å². The molecule has 31 heavy (non-hydrogen) atoms. The third kappa shape index (κ3) is 6.73. The van der Waals surface area contributed by atoms with Crippen LogP contribution < -0.4 is 0 Å². The van der Waals surface area contributed by atoms with Crippen LogP contribution in [-0.2, 0) is 13.0 Å². The Balaban J connectivity index is 1.82. The predicted molar refractivity (Wildman–Crippen MR) is 138 cm³/mol. The SMILES string of the molecule is CCCCCCCCc1c(-c2ccccc2)n(CCCCCCCC)c2ccccc12. The van der Waals surface area contributed by atoms with Crippen molar-refractivity contribution in [2.24, 2.45) is 0 Å². The minimum atomic E-state index is 1.13. The zero-order chi connectivity index (χ0) is 21.7. The van der Waals surface area contributed by atoms with E-state index in [4.69, 9.17) is 0 Å². The molecule has 1 heterocycles. The van der Waals surface area contributed by atoms with E-state index in [0.29, 0.717) is 0 Å². The van der Waals surface area contributed by atoms with Gasteiger partial charge in [-0.05, 0) is 36.5 Å². The Labute approximate surface area is 190 Å². The number of fused-ring (bicyclic) bond motifs is 1. The molecule has 0 atom stereocenters. The Bertz CT molecular complexity index is 821. The van der Waals surface area contributed by atoms with Crippen LogP contribution in [0, 0.1) is 0 Å². The van der Waals surface area contributed by atoms with Crippen LogP contribution in [0.25, 0.3) is 22.2 Å². The molecule has 168 valence electrons. The van der Waals surface area contributed by atoms with Crippen molar-refractivity contribution in [3.63, 3.8) is 0 Å². The molecular weight excluding hydrogens is 374 g/mol. The fourth-order valence-corrected chi connectivity index (χ4v) is 4.92. The third-order valence-corrected chi connectivity index (χ3v) is 6.64. The van der Waals surface area contributed by atoms with Crippen molar-refractivity contribution in [2.75, 3.05) is 0 Å². The highest BCUT2D eigenvalue weighted by atomic mass is 15.0. The number of rotatable bonds is 15. The highest BCUT2D eigenvalue weighted by molar-refractivity contribution is 5.92. The van der Waals surface area contributed by atoms with Gasteiger partial charge in [-0.2, -0.15) is 0 Å². The number of hydrogen-bond donors (Lipinski definition) is 0. The standard InChI is InChI=1S/C30H43N/c1-3-5-7-9-11-16-23-28-27-22-17-18-24-29(27)31(25-19-12-10-8-6-4-2)30(28)26-20-14-13-15-21-26/h13-15,17-18,20-22,24H,3-12,16,19,23,25H2,1-2H3. The van der Waals surface area contributed by atoms with Crippen LogP contribution in [0.3, 0.4) is 0 Å². The van der Waals surface area contributed by atoms with Gasteiger partial charge in [0.1, 0.15) is 0 Å². The number of benzene rings is 2. The van der Waals surface area contributed by atoms with Gasteiger partial charge >= 0.3 is 0 Å². The van der Waals surface area contributed by atoms with E-state index in [-0.39, 0.29) is 0 Å². The highest BCUT2D eigenvalue weighted by Crippen LogP contribution is 2.35. The maximum Gasteiger partial charge on any atom is 0.0523 e. The summed E-state index contributed by atoms with van der Waals surface area (Å²) in [7, 11) is 0. The van der Waals surface area contributed by atoms with Crippen molar-refractivity contribution in [1.82, 2.24) is 4.57 Å². The molecule has 0 fully saturated rings. The lowest BCUT2D eigenvalue weighted by atomic mass is 9.99. The van der Waals surface area contributed by atoms with E-state index >= 15 is 0 Å². The van der Waals surface area contributed by atoms with Gasteiger partial charge in [-0.15, -0.1) is 0 Å². The number of para-hydroxylation sites is 1. The molecule has 2 aromatic carbocycles. The molecule has 0 spiro atoms. The topological polar surface area (TPSA) is 4.93 Å². The van der Waals surface area contributed by atoms with Crippen LogP contribution in [0.2, 0.25) is 0 Å². The summed E-state index contributed by atoms with van der Waals surface area (Å²) in [4.78, 5) is 0. The van der Waals surface area contributed by atoms with Crippen molar-refractivity contribution in [3.8, 4) is 11.3 Å². The molecule has 0 aliphatic carbocycles. The van der Waals surface area contributed by atoms with Gasteiger partial charge in [0, 0.05) is 17.4 Å². The zero-order valence-electron chi connectivity index (χ0n) is 20.0. The van der Waals surface area contributed by atoms with Gasteiger partial charge in [-0.3, -0.25) is 0 Å².